The molecule has 0 saturated heterocycles. The van der Waals surface area contributed by atoms with Crippen molar-refractivity contribution in [2.24, 2.45) is 0 Å². The topological polar surface area (TPSA) is 46.5 Å². The Kier molecular flexibility index (Phi) is 3.36. The van der Waals surface area contributed by atoms with Gasteiger partial charge in [0.05, 0.1) is 7.11 Å². The Labute approximate surface area is 101 Å². The fraction of sp³-hybridized carbons (Fsp3) is 0.500. The molecule has 0 amide bonds. The minimum atomic E-state index is 0.0538. The van der Waals surface area contributed by atoms with Crippen LogP contribution in [0.3, 0.4) is 0 Å². The molecule has 0 saturated carbocycles. The molecule has 0 heterocycles. The number of carbonyl (C=O) groups excluding carboxylic acids is 1. The molecular weight excluding hydrogens is 216 g/mol. The van der Waals surface area contributed by atoms with Crippen LogP contribution in [-0.2, 0) is 24.1 Å². The fourth-order valence-corrected chi connectivity index (χ4v) is 2.53. The highest BCUT2D eigenvalue weighted by Gasteiger charge is 2.21. The first-order chi connectivity index (χ1) is 8.13. The van der Waals surface area contributed by atoms with E-state index in [0.29, 0.717) is 11.3 Å². The highest BCUT2D eigenvalue weighted by Crippen LogP contribution is 2.38. The van der Waals surface area contributed by atoms with Gasteiger partial charge in [-0.3, -0.25) is 4.79 Å². The van der Waals surface area contributed by atoms with Crippen molar-refractivity contribution in [2.45, 2.75) is 39.0 Å². The Hall–Kier alpha value is -1.51. The van der Waals surface area contributed by atoms with Gasteiger partial charge in [-0.1, -0.05) is 0 Å². The lowest BCUT2D eigenvalue weighted by atomic mass is 9.87. The first-order valence-electron chi connectivity index (χ1n) is 6.03. The van der Waals surface area contributed by atoms with Gasteiger partial charge in [-0.2, -0.15) is 0 Å². The van der Waals surface area contributed by atoms with Gasteiger partial charge in [0.2, 0.25) is 0 Å². The quantitative estimate of drug-likeness (QED) is 0.873. The molecule has 1 aliphatic rings. The van der Waals surface area contributed by atoms with Crippen LogP contribution in [0.4, 0.5) is 0 Å². The van der Waals surface area contributed by atoms with Crippen LogP contribution in [0.2, 0.25) is 0 Å². The van der Waals surface area contributed by atoms with E-state index in [2.05, 4.69) is 0 Å². The standard InChI is InChI=1S/C14H18O3/c1-9(15)7-10-8-13(17-2)11-5-3-4-6-12(11)14(10)16/h8,16H,3-7H2,1-2H3. The monoisotopic (exact) mass is 234 g/mol. The van der Waals surface area contributed by atoms with Gasteiger partial charge in [-0.15, -0.1) is 0 Å². The maximum absolute atomic E-state index is 11.2. The second-order valence-corrected chi connectivity index (χ2v) is 4.63. The van der Waals surface area contributed by atoms with E-state index >= 15 is 0 Å². The predicted octanol–water partition coefficient (Wildman–Crippen LogP) is 2.41. The second kappa shape index (κ2) is 4.78. The Morgan fingerprint density at radius 3 is 2.59 bits per heavy atom. The van der Waals surface area contributed by atoms with Crippen molar-refractivity contribution in [2.75, 3.05) is 7.11 Å². The number of hydrogen-bond donors (Lipinski definition) is 1. The van der Waals surface area contributed by atoms with Gasteiger partial charge in [0, 0.05) is 23.1 Å². The van der Waals surface area contributed by atoms with Gasteiger partial charge < -0.3 is 9.84 Å². The fourth-order valence-electron chi connectivity index (χ4n) is 2.53. The smallest absolute Gasteiger partial charge is 0.134 e. The van der Waals surface area contributed by atoms with E-state index in [1.807, 2.05) is 0 Å². The van der Waals surface area contributed by atoms with Crippen molar-refractivity contribution in [3.63, 3.8) is 0 Å². The van der Waals surface area contributed by atoms with Crippen LogP contribution in [-0.4, -0.2) is 18.0 Å². The molecule has 0 atom stereocenters. The van der Waals surface area contributed by atoms with Gasteiger partial charge >= 0.3 is 0 Å². The average Bonchev–Trinajstić information content (AvgIpc) is 2.32. The Balaban J connectivity index is 2.51. The van der Waals surface area contributed by atoms with Gasteiger partial charge in [0.1, 0.15) is 17.3 Å². The Morgan fingerprint density at radius 2 is 2.00 bits per heavy atom. The molecular formula is C14H18O3. The van der Waals surface area contributed by atoms with Crippen molar-refractivity contribution in [3.05, 3.63) is 22.8 Å². The molecule has 3 nitrogen and oxygen atoms in total. The molecule has 3 heteroatoms. The van der Waals surface area contributed by atoms with Crippen LogP contribution in [0.1, 0.15) is 36.5 Å². The summed E-state index contributed by atoms with van der Waals surface area (Å²) in [5.74, 6) is 1.17. The van der Waals surface area contributed by atoms with Crippen molar-refractivity contribution in [1.82, 2.24) is 0 Å². The number of phenols is 1. The third-order valence-electron chi connectivity index (χ3n) is 3.32. The molecule has 0 radical (unpaired) electrons. The van der Waals surface area contributed by atoms with Gasteiger partial charge in [0.25, 0.3) is 0 Å². The van der Waals surface area contributed by atoms with Crippen molar-refractivity contribution >= 4 is 5.78 Å². The number of methoxy groups -OCH3 is 1. The molecule has 1 aliphatic carbocycles. The number of benzene rings is 1. The van der Waals surface area contributed by atoms with E-state index in [4.69, 9.17) is 4.74 Å². The van der Waals surface area contributed by atoms with Crippen molar-refractivity contribution in [3.8, 4) is 11.5 Å². The first kappa shape index (κ1) is 12.0. The van der Waals surface area contributed by atoms with Crippen LogP contribution < -0.4 is 4.74 Å². The Morgan fingerprint density at radius 1 is 1.35 bits per heavy atom. The van der Waals surface area contributed by atoms with E-state index in [0.717, 1.165) is 42.6 Å². The number of ketones is 1. The Bertz CT molecular complexity index is 449. The summed E-state index contributed by atoms with van der Waals surface area (Å²) in [6.45, 7) is 1.53. The lowest BCUT2D eigenvalue weighted by molar-refractivity contribution is -0.116. The van der Waals surface area contributed by atoms with Crippen LogP contribution in [0, 0.1) is 0 Å². The first-order valence-corrected chi connectivity index (χ1v) is 6.03. The summed E-state index contributed by atoms with van der Waals surface area (Å²) in [5, 5.41) is 10.2. The van der Waals surface area contributed by atoms with E-state index in [-0.39, 0.29) is 12.2 Å². The lowest BCUT2D eigenvalue weighted by Gasteiger charge is -2.21. The van der Waals surface area contributed by atoms with Crippen LogP contribution >= 0.6 is 0 Å². The average molecular weight is 234 g/mol. The predicted molar refractivity (Wildman–Crippen MR) is 65.7 cm³/mol. The van der Waals surface area contributed by atoms with Gasteiger partial charge in [-0.25, -0.2) is 0 Å². The summed E-state index contributed by atoms with van der Waals surface area (Å²) in [7, 11) is 1.64. The number of rotatable bonds is 3. The molecule has 2 rings (SSSR count). The largest absolute Gasteiger partial charge is 0.507 e. The third-order valence-corrected chi connectivity index (χ3v) is 3.32. The third kappa shape index (κ3) is 2.28. The molecule has 0 unspecified atom stereocenters. The zero-order valence-electron chi connectivity index (χ0n) is 10.4. The molecule has 17 heavy (non-hydrogen) atoms. The van der Waals surface area contributed by atoms with E-state index in [1.54, 1.807) is 13.2 Å². The molecule has 0 aromatic heterocycles. The van der Waals surface area contributed by atoms with Crippen LogP contribution in [0.25, 0.3) is 0 Å². The molecule has 1 N–H and O–H groups in total. The number of Topliss-reactive ketones (excluding diaryl/α,β-unsaturated/α-hetero) is 1. The summed E-state index contributed by atoms with van der Waals surface area (Å²) in [5.41, 5.74) is 2.78. The van der Waals surface area contributed by atoms with E-state index in [9.17, 15) is 9.90 Å². The molecule has 0 bridgehead atoms. The molecule has 1 aromatic rings. The minimum absolute atomic E-state index is 0.0538. The lowest BCUT2D eigenvalue weighted by Crippen LogP contribution is -2.08. The molecule has 1 aromatic carbocycles. The maximum Gasteiger partial charge on any atom is 0.134 e. The van der Waals surface area contributed by atoms with Gasteiger partial charge in [0.15, 0.2) is 0 Å². The van der Waals surface area contributed by atoms with E-state index < -0.39 is 0 Å². The summed E-state index contributed by atoms with van der Waals surface area (Å²) in [6.07, 6.45) is 4.33. The van der Waals surface area contributed by atoms with Crippen LogP contribution in [0.5, 0.6) is 11.5 Å². The highest BCUT2D eigenvalue weighted by atomic mass is 16.5. The number of ether oxygens (including phenoxy) is 1. The van der Waals surface area contributed by atoms with Crippen LogP contribution in [0.15, 0.2) is 6.07 Å². The number of aromatic hydroxyl groups is 1. The van der Waals surface area contributed by atoms with Crippen molar-refractivity contribution < 1.29 is 14.6 Å². The normalized spacial score (nSPS) is 14.2. The molecule has 0 spiro atoms. The number of fused-ring (bicyclic) bond motifs is 1. The summed E-state index contributed by atoms with van der Waals surface area (Å²) in [4.78, 5) is 11.2. The zero-order valence-corrected chi connectivity index (χ0v) is 10.4. The van der Waals surface area contributed by atoms with Gasteiger partial charge in [-0.05, 0) is 38.7 Å². The maximum atomic E-state index is 11.2. The highest BCUT2D eigenvalue weighted by molar-refractivity contribution is 5.79. The molecule has 92 valence electrons. The SMILES string of the molecule is COc1cc(CC(C)=O)c(O)c2c1CCCC2. The second-order valence-electron chi connectivity index (χ2n) is 4.63. The number of carbonyl (C=O) groups is 1. The summed E-state index contributed by atoms with van der Waals surface area (Å²) >= 11 is 0. The number of phenolic OH excluding ortho intramolecular Hbond substituents is 1. The van der Waals surface area contributed by atoms with E-state index in [1.165, 1.54) is 6.92 Å². The van der Waals surface area contributed by atoms with Crippen molar-refractivity contribution in [1.29, 1.82) is 0 Å². The summed E-state index contributed by atoms with van der Waals surface area (Å²) in [6, 6.07) is 1.81. The minimum Gasteiger partial charge on any atom is -0.507 e. The molecule has 0 aliphatic heterocycles. The zero-order chi connectivity index (χ0) is 12.4. The summed E-state index contributed by atoms with van der Waals surface area (Å²) < 4.78 is 5.37. The number of hydrogen-bond acceptors (Lipinski definition) is 3. The molecule has 0 fully saturated rings.